The van der Waals surface area contributed by atoms with Crippen molar-refractivity contribution in [1.82, 2.24) is 9.55 Å². The van der Waals surface area contributed by atoms with Gasteiger partial charge in [-0.05, 0) is 26.8 Å². The lowest BCUT2D eigenvalue weighted by Crippen LogP contribution is -2.26. The average molecular weight is 252 g/mol. The van der Waals surface area contributed by atoms with Crippen molar-refractivity contribution < 1.29 is 19.4 Å². The number of aromatic nitrogens is 2. The number of hydrogen-bond acceptors (Lipinski definition) is 4. The summed E-state index contributed by atoms with van der Waals surface area (Å²) in [5, 5.41) is 8.52. The maximum atomic E-state index is 11.6. The predicted molar refractivity (Wildman–Crippen MR) is 64.7 cm³/mol. The van der Waals surface area contributed by atoms with Crippen LogP contribution in [0.15, 0.2) is 18.5 Å². The Kier molecular flexibility index (Phi) is 4.25. The normalized spacial score (nSPS) is 11.7. The highest BCUT2D eigenvalue weighted by Crippen LogP contribution is 2.09. The lowest BCUT2D eigenvalue weighted by Gasteiger charge is -2.19. The van der Waals surface area contributed by atoms with Gasteiger partial charge in [-0.25, -0.2) is 9.78 Å². The van der Waals surface area contributed by atoms with Crippen molar-refractivity contribution in [2.75, 3.05) is 0 Å². The van der Waals surface area contributed by atoms with Crippen LogP contribution in [0.25, 0.3) is 6.08 Å². The third-order valence-electron chi connectivity index (χ3n) is 1.84. The topological polar surface area (TPSA) is 81.4 Å². The maximum absolute atomic E-state index is 11.6. The summed E-state index contributed by atoms with van der Waals surface area (Å²) in [7, 11) is 0. The van der Waals surface area contributed by atoms with Crippen molar-refractivity contribution >= 4 is 18.0 Å². The van der Waals surface area contributed by atoms with E-state index in [-0.39, 0.29) is 6.54 Å². The Morgan fingerprint density at radius 2 is 2.17 bits per heavy atom. The Morgan fingerprint density at radius 3 is 2.72 bits per heavy atom. The van der Waals surface area contributed by atoms with Crippen LogP contribution < -0.4 is 0 Å². The molecule has 0 amide bonds. The molecule has 0 aliphatic rings. The Bertz CT molecular complexity index is 469. The van der Waals surface area contributed by atoms with E-state index < -0.39 is 17.5 Å². The molecule has 0 bridgehead atoms. The highest BCUT2D eigenvalue weighted by molar-refractivity contribution is 5.84. The van der Waals surface area contributed by atoms with Crippen LogP contribution in [-0.2, 0) is 20.9 Å². The van der Waals surface area contributed by atoms with Crippen molar-refractivity contribution in [2.45, 2.75) is 32.9 Å². The average Bonchev–Trinajstić information content (AvgIpc) is 2.59. The van der Waals surface area contributed by atoms with Gasteiger partial charge >= 0.3 is 11.9 Å². The second-order valence-corrected chi connectivity index (χ2v) is 4.67. The van der Waals surface area contributed by atoms with E-state index in [4.69, 9.17) is 9.84 Å². The van der Waals surface area contributed by atoms with Crippen LogP contribution in [0.4, 0.5) is 0 Å². The monoisotopic (exact) mass is 252 g/mol. The van der Waals surface area contributed by atoms with E-state index in [0.29, 0.717) is 5.82 Å². The van der Waals surface area contributed by atoms with Gasteiger partial charge in [-0.2, -0.15) is 0 Å². The summed E-state index contributed by atoms with van der Waals surface area (Å²) < 4.78 is 6.68. The van der Waals surface area contributed by atoms with Crippen molar-refractivity contribution in [1.29, 1.82) is 0 Å². The molecular weight excluding hydrogens is 236 g/mol. The first-order valence-electron chi connectivity index (χ1n) is 5.42. The minimum atomic E-state index is -1.07. The van der Waals surface area contributed by atoms with Gasteiger partial charge in [0.05, 0.1) is 0 Å². The SMILES string of the molecule is CC(C)(C)OC(=O)Cn1ccnc1C=CC(=O)O. The summed E-state index contributed by atoms with van der Waals surface area (Å²) in [4.78, 5) is 25.9. The first kappa shape index (κ1) is 14.0. The molecule has 0 aromatic carbocycles. The molecule has 0 saturated heterocycles. The second-order valence-electron chi connectivity index (χ2n) is 4.67. The van der Waals surface area contributed by atoms with Gasteiger partial charge in [-0.15, -0.1) is 0 Å². The minimum absolute atomic E-state index is 0.00341. The van der Waals surface area contributed by atoms with Gasteiger partial charge in [0.2, 0.25) is 0 Å². The van der Waals surface area contributed by atoms with Crippen molar-refractivity contribution in [3.05, 3.63) is 24.3 Å². The number of carboxylic acid groups (broad SMARTS) is 1. The van der Waals surface area contributed by atoms with E-state index in [9.17, 15) is 9.59 Å². The summed E-state index contributed by atoms with van der Waals surface area (Å²) >= 11 is 0. The minimum Gasteiger partial charge on any atom is -0.478 e. The molecule has 6 heteroatoms. The third-order valence-corrected chi connectivity index (χ3v) is 1.84. The number of carboxylic acids is 1. The van der Waals surface area contributed by atoms with Crippen LogP contribution in [0.1, 0.15) is 26.6 Å². The van der Waals surface area contributed by atoms with Gasteiger partial charge in [0.1, 0.15) is 18.0 Å². The molecule has 1 rings (SSSR count). The number of aliphatic carboxylic acids is 1. The second kappa shape index (κ2) is 5.48. The van der Waals surface area contributed by atoms with Gasteiger partial charge in [0.25, 0.3) is 0 Å². The molecule has 1 N–H and O–H groups in total. The van der Waals surface area contributed by atoms with Gasteiger partial charge < -0.3 is 14.4 Å². The van der Waals surface area contributed by atoms with Gasteiger partial charge in [0, 0.05) is 18.5 Å². The molecule has 18 heavy (non-hydrogen) atoms. The molecule has 1 aromatic rings. The molecule has 0 aliphatic heterocycles. The molecule has 1 heterocycles. The van der Waals surface area contributed by atoms with Crippen LogP contribution in [0.5, 0.6) is 0 Å². The van der Waals surface area contributed by atoms with E-state index >= 15 is 0 Å². The third kappa shape index (κ3) is 4.82. The van der Waals surface area contributed by atoms with Crippen LogP contribution >= 0.6 is 0 Å². The van der Waals surface area contributed by atoms with Crippen molar-refractivity contribution in [3.8, 4) is 0 Å². The number of carbonyl (C=O) groups is 2. The van der Waals surface area contributed by atoms with E-state index in [1.54, 1.807) is 27.0 Å². The van der Waals surface area contributed by atoms with Crippen molar-refractivity contribution in [3.63, 3.8) is 0 Å². The fourth-order valence-corrected chi connectivity index (χ4v) is 1.27. The molecular formula is C12H16N2O4. The molecule has 0 spiro atoms. The van der Waals surface area contributed by atoms with Crippen molar-refractivity contribution in [2.24, 2.45) is 0 Å². The summed E-state index contributed by atoms with van der Waals surface area (Å²) in [6.07, 6.45) is 5.37. The summed E-state index contributed by atoms with van der Waals surface area (Å²) in [6.45, 7) is 5.34. The van der Waals surface area contributed by atoms with Gasteiger partial charge in [0.15, 0.2) is 0 Å². The molecule has 0 saturated carbocycles. The van der Waals surface area contributed by atoms with Crippen LogP contribution in [-0.4, -0.2) is 32.2 Å². The number of carbonyl (C=O) groups excluding carboxylic acids is 1. The lowest BCUT2D eigenvalue weighted by atomic mass is 10.2. The smallest absolute Gasteiger partial charge is 0.328 e. The lowest BCUT2D eigenvalue weighted by molar-refractivity contribution is -0.155. The molecule has 0 atom stereocenters. The number of nitrogens with zero attached hydrogens (tertiary/aromatic N) is 2. The zero-order chi connectivity index (χ0) is 13.8. The highest BCUT2D eigenvalue weighted by Gasteiger charge is 2.17. The Balaban J connectivity index is 2.71. The molecule has 0 aliphatic carbocycles. The summed E-state index contributed by atoms with van der Waals surface area (Å²) in [6, 6.07) is 0. The maximum Gasteiger partial charge on any atom is 0.328 e. The number of imidazole rings is 1. The molecule has 6 nitrogen and oxygen atoms in total. The van der Waals surface area contributed by atoms with E-state index in [0.717, 1.165) is 6.08 Å². The highest BCUT2D eigenvalue weighted by atomic mass is 16.6. The van der Waals surface area contributed by atoms with Crippen LogP contribution in [0.3, 0.4) is 0 Å². The standard InChI is InChI=1S/C12H16N2O4/c1-12(2,3)18-11(17)8-14-7-6-13-9(14)4-5-10(15)16/h4-7H,8H2,1-3H3,(H,15,16). The number of rotatable bonds is 4. The first-order valence-corrected chi connectivity index (χ1v) is 5.42. The van der Waals surface area contributed by atoms with Gasteiger partial charge in [-0.1, -0.05) is 0 Å². The molecule has 0 unspecified atom stereocenters. The van der Waals surface area contributed by atoms with Crippen LogP contribution in [0.2, 0.25) is 0 Å². The van der Waals surface area contributed by atoms with E-state index in [1.807, 2.05) is 0 Å². The van der Waals surface area contributed by atoms with Crippen LogP contribution in [0, 0.1) is 0 Å². The largest absolute Gasteiger partial charge is 0.478 e. The number of hydrogen-bond donors (Lipinski definition) is 1. The summed E-state index contributed by atoms with van der Waals surface area (Å²) in [5.74, 6) is -1.07. The molecule has 0 radical (unpaired) electrons. The zero-order valence-corrected chi connectivity index (χ0v) is 10.6. The van der Waals surface area contributed by atoms with E-state index in [2.05, 4.69) is 4.98 Å². The number of ether oxygens (including phenoxy) is 1. The quantitative estimate of drug-likeness (QED) is 0.645. The zero-order valence-electron chi connectivity index (χ0n) is 10.6. The first-order chi connectivity index (χ1) is 8.28. The fraction of sp³-hybridized carbons (Fsp3) is 0.417. The molecule has 1 aromatic heterocycles. The molecule has 98 valence electrons. The Labute approximate surface area is 105 Å². The Morgan fingerprint density at radius 1 is 1.50 bits per heavy atom. The Hall–Kier alpha value is -2.11. The fourth-order valence-electron chi connectivity index (χ4n) is 1.27. The number of esters is 1. The molecule has 0 fully saturated rings. The van der Waals surface area contributed by atoms with Gasteiger partial charge in [-0.3, -0.25) is 4.79 Å². The predicted octanol–water partition coefficient (Wildman–Crippen LogP) is 1.32. The summed E-state index contributed by atoms with van der Waals surface area (Å²) in [5.41, 5.74) is -0.547. The van der Waals surface area contributed by atoms with E-state index in [1.165, 1.54) is 16.8 Å².